The van der Waals surface area contributed by atoms with Crippen LogP contribution in [0.4, 0.5) is 29.6 Å². The molecular weight excluding hydrogens is 469 g/mol. The Morgan fingerprint density at radius 1 is 1.14 bits per heavy atom. The Kier molecular flexibility index (Phi) is 7.66. The Balaban J connectivity index is 1.63. The highest BCUT2D eigenvalue weighted by molar-refractivity contribution is 5.97. The largest absolute Gasteiger partial charge is 0.488 e. The summed E-state index contributed by atoms with van der Waals surface area (Å²) in [7, 11) is 0. The van der Waals surface area contributed by atoms with Gasteiger partial charge in [-0.25, -0.2) is 14.8 Å². The van der Waals surface area contributed by atoms with Crippen LogP contribution in [-0.4, -0.2) is 59.3 Å². The third-order valence-corrected chi connectivity index (χ3v) is 5.04. The summed E-state index contributed by atoms with van der Waals surface area (Å²) < 4.78 is 49.1. The molecular formula is C22H27F3N6O4. The van der Waals surface area contributed by atoms with Gasteiger partial charge in [0.05, 0.1) is 23.6 Å². The predicted molar refractivity (Wildman–Crippen MR) is 120 cm³/mol. The van der Waals surface area contributed by atoms with Crippen LogP contribution in [0, 0.1) is 5.41 Å². The molecule has 13 heteroatoms. The number of aromatic nitrogens is 3. The second-order valence-electron chi connectivity index (χ2n) is 9.25. The lowest BCUT2D eigenvalue weighted by Gasteiger charge is -2.34. The molecule has 3 rings (SSSR count). The van der Waals surface area contributed by atoms with Gasteiger partial charge < -0.3 is 25.0 Å². The van der Waals surface area contributed by atoms with Gasteiger partial charge >= 0.3 is 12.3 Å². The molecule has 190 valence electrons. The Labute approximate surface area is 200 Å². The molecule has 0 radical (unpaired) electrons. The van der Waals surface area contributed by atoms with Gasteiger partial charge in [0.15, 0.2) is 0 Å². The summed E-state index contributed by atoms with van der Waals surface area (Å²) in [5.74, 6) is 0.109. The molecule has 0 aromatic carbocycles. The average molecular weight is 496 g/mol. The van der Waals surface area contributed by atoms with Crippen molar-refractivity contribution in [3.8, 4) is 5.75 Å². The average Bonchev–Trinajstić information content (AvgIpc) is 2.76. The minimum atomic E-state index is -4.54. The number of carbonyl (C=O) groups excluding carboxylic acids is 2. The maximum absolute atomic E-state index is 12.8. The van der Waals surface area contributed by atoms with E-state index in [1.807, 2.05) is 20.8 Å². The first kappa shape index (κ1) is 26.0. The first-order valence-electron chi connectivity index (χ1n) is 10.8. The maximum Gasteiger partial charge on any atom is 0.419 e. The Morgan fingerprint density at radius 2 is 1.83 bits per heavy atom. The third-order valence-electron chi connectivity index (χ3n) is 5.04. The van der Waals surface area contributed by atoms with Crippen molar-refractivity contribution in [2.24, 2.45) is 11.1 Å². The zero-order valence-corrected chi connectivity index (χ0v) is 19.6. The van der Waals surface area contributed by atoms with E-state index >= 15 is 0 Å². The van der Waals surface area contributed by atoms with Crippen LogP contribution in [0.3, 0.4) is 0 Å². The highest BCUT2D eigenvalue weighted by atomic mass is 19.4. The van der Waals surface area contributed by atoms with Gasteiger partial charge in [-0.1, -0.05) is 20.8 Å². The molecule has 1 unspecified atom stereocenters. The Bertz CT molecular complexity index is 1040. The van der Waals surface area contributed by atoms with E-state index in [1.165, 1.54) is 22.2 Å². The molecule has 1 aliphatic heterocycles. The third kappa shape index (κ3) is 7.42. The number of nitrogens with two attached hydrogens (primary N) is 1. The minimum absolute atomic E-state index is 0.0422. The number of hydrogen-bond donors (Lipinski definition) is 1. The normalized spacial score (nSPS) is 15.7. The molecule has 1 fully saturated rings. The van der Waals surface area contributed by atoms with E-state index in [1.54, 1.807) is 6.07 Å². The summed E-state index contributed by atoms with van der Waals surface area (Å²) in [5.41, 5.74) is 4.56. The van der Waals surface area contributed by atoms with E-state index in [2.05, 4.69) is 15.0 Å². The molecule has 2 N–H and O–H groups in total. The van der Waals surface area contributed by atoms with Crippen LogP contribution in [0.2, 0.25) is 0 Å². The van der Waals surface area contributed by atoms with Crippen LogP contribution in [0.15, 0.2) is 30.9 Å². The summed E-state index contributed by atoms with van der Waals surface area (Å²) in [6, 6.07) is 1.63. The molecule has 3 heterocycles. The molecule has 35 heavy (non-hydrogen) atoms. The number of amides is 2. The van der Waals surface area contributed by atoms with Crippen molar-refractivity contribution in [2.75, 3.05) is 36.0 Å². The van der Waals surface area contributed by atoms with Crippen LogP contribution in [0.1, 0.15) is 32.8 Å². The molecule has 2 amide bonds. The van der Waals surface area contributed by atoms with E-state index < -0.39 is 23.9 Å². The Morgan fingerprint density at radius 3 is 2.40 bits per heavy atom. The number of primary amides is 1. The number of carbonyl (C=O) groups is 2. The van der Waals surface area contributed by atoms with Crippen molar-refractivity contribution < 1.29 is 32.2 Å². The van der Waals surface area contributed by atoms with Gasteiger partial charge in [0.2, 0.25) is 11.9 Å². The minimum Gasteiger partial charge on any atom is -0.488 e. The monoisotopic (exact) mass is 496 g/mol. The SMILES string of the molecule is CC(C)(C)CC(COc1cncc(N2CCN(c3ncc(C(F)(F)F)cn3)CC2=O)c1)OC(N)=O. The second kappa shape index (κ2) is 10.3. The number of ether oxygens (including phenoxy) is 2. The van der Waals surface area contributed by atoms with Crippen LogP contribution in [0.25, 0.3) is 0 Å². The quantitative estimate of drug-likeness (QED) is 0.621. The predicted octanol–water partition coefficient (Wildman–Crippen LogP) is 3.02. The first-order chi connectivity index (χ1) is 16.3. The number of rotatable bonds is 7. The zero-order chi connectivity index (χ0) is 25.8. The summed E-state index contributed by atoms with van der Waals surface area (Å²) in [5, 5.41) is 0. The van der Waals surface area contributed by atoms with Crippen LogP contribution in [0.5, 0.6) is 5.75 Å². The lowest BCUT2D eigenvalue weighted by molar-refractivity contribution is -0.138. The van der Waals surface area contributed by atoms with Gasteiger partial charge in [-0.05, 0) is 11.8 Å². The fraction of sp³-hybridized carbons (Fsp3) is 0.500. The summed E-state index contributed by atoms with van der Waals surface area (Å²) in [4.78, 5) is 38.6. The van der Waals surface area contributed by atoms with Crippen molar-refractivity contribution in [3.05, 3.63) is 36.4 Å². The van der Waals surface area contributed by atoms with Crippen molar-refractivity contribution in [1.29, 1.82) is 0 Å². The van der Waals surface area contributed by atoms with Crippen LogP contribution in [-0.2, 0) is 15.7 Å². The number of hydrogen-bond acceptors (Lipinski definition) is 8. The number of halogens is 3. The highest BCUT2D eigenvalue weighted by Gasteiger charge is 2.32. The molecule has 0 spiro atoms. The molecule has 2 aromatic heterocycles. The van der Waals surface area contributed by atoms with E-state index in [4.69, 9.17) is 15.2 Å². The molecule has 0 bridgehead atoms. The van der Waals surface area contributed by atoms with Crippen molar-refractivity contribution in [3.63, 3.8) is 0 Å². The lowest BCUT2D eigenvalue weighted by atomic mass is 9.89. The van der Waals surface area contributed by atoms with Gasteiger partial charge in [-0.15, -0.1) is 0 Å². The first-order valence-corrected chi connectivity index (χ1v) is 10.8. The van der Waals surface area contributed by atoms with E-state index in [9.17, 15) is 22.8 Å². The molecule has 1 atom stereocenters. The van der Waals surface area contributed by atoms with Crippen molar-refractivity contribution in [1.82, 2.24) is 15.0 Å². The molecule has 0 saturated carbocycles. The van der Waals surface area contributed by atoms with Crippen molar-refractivity contribution >= 4 is 23.6 Å². The van der Waals surface area contributed by atoms with E-state index in [-0.39, 0.29) is 37.0 Å². The molecule has 1 saturated heterocycles. The fourth-order valence-corrected chi connectivity index (χ4v) is 3.55. The standard InChI is InChI=1S/C22H27F3N6O4/c1-21(2,3)7-17(35-19(26)33)13-34-16-6-15(10-27-11-16)31-5-4-30(12-18(31)32)20-28-8-14(9-29-20)22(23,24)25/h6,8-11,17H,4-5,7,12-13H2,1-3H3,(H2,26,33). The van der Waals surface area contributed by atoms with Crippen LogP contribution < -0.4 is 20.3 Å². The van der Waals surface area contributed by atoms with Gasteiger partial charge in [-0.2, -0.15) is 13.2 Å². The molecule has 0 aliphatic carbocycles. The second-order valence-corrected chi connectivity index (χ2v) is 9.25. The lowest BCUT2D eigenvalue weighted by Crippen LogP contribution is -2.51. The maximum atomic E-state index is 12.8. The van der Waals surface area contributed by atoms with Gasteiger partial charge in [0.1, 0.15) is 25.0 Å². The summed E-state index contributed by atoms with van der Waals surface area (Å²) in [6.07, 6.45) is -1.11. The zero-order valence-electron chi connectivity index (χ0n) is 19.6. The summed E-state index contributed by atoms with van der Waals surface area (Å²) in [6.45, 7) is 6.47. The summed E-state index contributed by atoms with van der Waals surface area (Å²) >= 11 is 0. The smallest absolute Gasteiger partial charge is 0.419 e. The van der Waals surface area contributed by atoms with Gasteiger partial charge in [0.25, 0.3) is 0 Å². The Hall–Kier alpha value is -3.64. The number of pyridine rings is 1. The molecule has 1 aliphatic rings. The number of anilines is 2. The molecule has 2 aromatic rings. The highest BCUT2D eigenvalue weighted by Crippen LogP contribution is 2.29. The van der Waals surface area contributed by atoms with E-state index in [0.717, 1.165) is 0 Å². The van der Waals surface area contributed by atoms with Gasteiger partial charge in [0, 0.05) is 31.5 Å². The van der Waals surface area contributed by atoms with Crippen LogP contribution >= 0.6 is 0 Å². The fourth-order valence-electron chi connectivity index (χ4n) is 3.55. The topological polar surface area (TPSA) is 124 Å². The van der Waals surface area contributed by atoms with Crippen molar-refractivity contribution in [2.45, 2.75) is 39.5 Å². The number of alkyl halides is 3. The number of piperazine rings is 1. The molecule has 10 nitrogen and oxygen atoms in total. The van der Waals surface area contributed by atoms with E-state index in [0.29, 0.717) is 36.8 Å². The van der Waals surface area contributed by atoms with Gasteiger partial charge in [-0.3, -0.25) is 9.78 Å². The number of nitrogens with zero attached hydrogens (tertiary/aromatic N) is 5.